The van der Waals surface area contributed by atoms with Crippen molar-refractivity contribution in [2.75, 3.05) is 0 Å². The number of nitrogens with zero attached hydrogens (tertiary/aromatic N) is 1. The lowest BCUT2D eigenvalue weighted by Crippen LogP contribution is -2.31. The van der Waals surface area contributed by atoms with Crippen LogP contribution in [0.3, 0.4) is 0 Å². The third-order valence-corrected chi connectivity index (χ3v) is 3.14. The second kappa shape index (κ2) is 4.66. The van der Waals surface area contributed by atoms with Crippen molar-refractivity contribution >= 4 is 17.1 Å². The Bertz CT molecular complexity index is 320. The zero-order valence-electron chi connectivity index (χ0n) is 8.78. The predicted octanol–water partition coefficient (Wildman–Crippen LogP) is 1.55. The quantitative estimate of drug-likeness (QED) is 0.823. The van der Waals surface area contributed by atoms with Crippen LogP contribution in [0, 0.1) is 12.8 Å². The molecule has 0 aliphatic carbocycles. The van der Waals surface area contributed by atoms with Gasteiger partial charge in [0.1, 0.15) is 5.78 Å². The number of aromatic nitrogens is 1. The molecule has 0 bridgehead atoms. The zero-order chi connectivity index (χ0) is 10.7. The molecule has 1 rings (SSSR count). The Labute approximate surface area is 88.3 Å². The molecule has 78 valence electrons. The van der Waals surface area contributed by atoms with E-state index in [0.717, 1.165) is 10.7 Å². The third-order valence-electron chi connectivity index (χ3n) is 2.32. The molecule has 2 N–H and O–H groups in total. The first-order chi connectivity index (χ1) is 6.50. The molecule has 0 aromatic carbocycles. The SMILES string of the molecule is Cc1nc(CC(=O)C(C)C(C)N)cs1. The van der Waals surface area contributed by atoms with Crippen LogP contribution in [0.15, 0.2) is 5.38 Å². The van der Waals surface area contributed by atoms with Crippen molar-refractivity contribution in [3.63, 3.8) is 0 Å². The molecular weight excluding hydrogens is 196 g/mol. The third kappa shape index (κ3) is 2.89. The average Bonchev–Trinajstić information content (AvgIpc) is 2.49. The summed E-state index contributed by atoms with van der Waals surface area (Å²) in [6.07, 6.45) is 0.410. The number of nitrogens with two attached hydrogens (primary N) is 1. The van der Waals surface area contributed by atoms with Gasteiger partial charge in [-0.05, 0) is 13.8 Å². The monoisotopic (exact) mass is 212 g/mol. The molecular formula is C10H16N2OS. The van der Waals surface area contributed by atoms with Gasteiger partial charge in [0.15, 0.2) is 0 Å². The van der Waals surface area contributed by atoms with E-state index in [1.807, 2.05) is 26.2 Å². The fourth-order valence-electron chi connectivity index (χ4n) is 1.12. The van der Waals surface area contributed by atoms with E-state index in [9.17, 15) is 4.79 Å². The smallest absolute Gasteiger partial charge is 0.143 e. The maximum Gasteiger partial charge on any atom is 0.143 e. The van der Waals surface area contributed by atoms with Crippen LogP contribution in [0.1, 0.15) is 24.5 Å². The van der Waals surface area contributed by atoms with Gasteiger partial charge in [0.25, 0.3) is 0 Å². The van der Waals surface area contributed by atoms with E-state index in [-0.39, 0.29) is 17.7 Å². The summed E-state index contributed by atoms with van der Waals surface area (Å²) < 4.78 is 0. The molecule has 0 saturated carbocycles. The largest absolute Gasteiger partial charge is 0.327 e. The van der Waals surface area contributed by atoms with Crippen LogP contribution in [0.4, 0.5) is 0 Å². The minimum Gasteiger partial charge on any atom is -0.327 e. The first-order valence-electron chi connectivity index (χ1n) is 4.70. The summed E-state index contributed by atoms with van der Waals surface area (Å²) in [5, 5.41) is 2.93. The molecule has 0 amide bonds. The Kier molecular flexibility index (Phi) is 3.77. The van der Waals surface area contributed by atoms with E-state index in [2.05, 4.69) is 4.98 Å². The highest BCUT2D eigenvalue weighted by Gasteiger charge is 2.17. The number of aryl methyl sites for hydroxylation is 1. The highest BCUT2D eigenvalue weighted by atomic mass is 32.1. The minimum atomic E-state index is -0.0861. The first kappa shape index (κ1) is 11.3. The van der Waals surface area contributed by atoms with Crippen molar-refractivity contribution in [1.29, 1.82) is 0 Å². The van der Waals surface area contributed by atoms with Crippen molar-refractivity contribution < 1.29 is 4.79 Å². The van der Waals surface area contributed by atoms with Crippen LogP contribution in [0.25, 0.3) is 0 Å². The molecule has 0 fully saturated rings. The van der Waals surface area contributed by atoms with Gasteiger partial charge < -0.3 is 5.73 Å². The van der Waals surface area contributed by atoms with Gasteiger partial charge in [0, 0.05) is 23.8 Å². The molecule has 14 heavy (non-hydrogen) atoms. The Balaban J connectivity index is 2.57. The van der Waals surface area contributed by atoms with Crippen LogP contribution in [-0.2, 0) is 11.2 Å². The number of thiazole rings is 1. The lowest BCUT2D eigenvalue weighted by atomic mass is 9.96. The molecule has 1 aromatic heterocycles. The number of rotatable bonds is 4. The molecule has 4 heteroatoms. The van der Waals surface area contributed by atoms with Gasteiger partial charge in [-0.2, -0.15) is 0 Å². The molecule has 0 aliphatic heterocycles. The summed E-state index contributed by atoms with van der Waals surface area (Å²) in [4.78, 5) is 15.9. The van der Waals surface area contributed by atoms with E-state index < -0.39 is 0 Å². The summed E-state index contributed by atoms with van der Waals surface area (Å²) in [6.45, 7) is 5.66. The minimum absolute atomic E-state index is 0.0813. The molecule has 0 saturated heterocycles. The maximum atomic E-state index is 11.6. The van der Waals surface area contributed by atoms with Gasteiger partial charge in [-0.25, -0.2) is 4.98 Å². The molecule has 0 spiro atoms. The Hall–Kier alpha value is -0.740. The number of ketones is 1. The highest BCUT2D eigenvalue weighted by molar-refractivity contribution is 7.09. The number of carbonyl (C=O) groups is 1. The van der Waals surface area contributed by atoms with E-state index in [4.69, 9.17) is 5.73 Å². The van der Waals surface area contributed by atoms with Crippen molar-refractivity contribution in [3.05, 3.63) is 16.1 Å². The number of hydrogen-bond donors (Lipinski definition) is 1. The van der Waals surface area contributed by atoms with Crippen LogP contribution in [0.2, 0.25) is 0 Å². The van der Waals surface area contributed by atoms with E-state index in [1.165, 1.54) is 0 Å². The fourth-order valence-corrected chi connectivity index (χ4v) is 1.73. The van der Waals surface area contributed by atoms with Crippen LogP contribution in [0.5, 0.6) is 0 Å². The summed E-state index contributed by atoms with van der Waals surface area (Å²) in [5.74, 6) is 0.0855. The Morgan fingerprint density at radius 2 is 2.29 bits per heavy atom. The van der Waals surface area contributed by atoms with E-state index >= 15 is 0 Å². The molecule has 2 atom stereocenters. The normalized spacial score (nSPS) is 15.1. The van der Waals surface area contributed by atoms with Crippen molar-refractivity contribution in [2.45, 2.75) is 33.2 Å². The standard InChI is InChI=1S/C10H16N2OS/c1-6(7(2)11)10(13)4-9-5-14-8(3)12-9/h5-7H,4,11H2,1-3H3. The van der Waals surface area contributed by atoms with Gasteiger partial charge in [-0.3, -0.25) is 4.79 Å². The summed E-state index contributed by atoms with van der Waals surface area (Å²) in [6, 6.07) is -0.0813. The van der Waals surface area contributed by atoms with Crippen molar-refractivity contribution in [3.8, 4) is 0 Å². The van der Waals surface area contributed by atoms with Gasteiger partial charge >= 0.3 is 0 Å². The topological polar surface area (TPSA) is 56.0 Å². The van der Waals surface area contributed by atoms with E-state index in [0.29, 0.717) is 6.42 Å². The highest BCUT2D eigenvalue weighted by Crippen LogP contribution is 2.11. The van der Waals surface area contributed by atoms with Crippen LogP contribution < -0.4 is 5.73 Å². The molecule has 0 radical (unpaired) electrons. The average molecular weight is 212 g/mol. The van der Waals surface area contributed by atoms with Crippen molar-refractivity contribution in [1.82, 2.24) is 4.98 Å². The summed E-state index contributed by atoms with van der Waals surface area (Å²) in [5.41, 5.74) is 6.52. The Morgan fingerprint density at radius 1 is 1.64 bits per heavy atom. The number of carbonyl (C=O) groups excluding carboxylic acids is 1. The second-order valence-corrected chi connectivity index (χ2v) is 4.71. The molecule has 1 heterocycles. The second-order valence-electron chi connectivity index (χ2n) is 3.65. The summed E-state index contributed by atoms with van der Waals surface area (Å²) in [7, 11) is 0. The molecule has 0 aliphatic rings. The molecule has 1 aromatic rings. The molecule has 3 nitrogen and oxygen atoms in total. The van der Waals surface area contributed by atoms with Crippen LogP contribution >= 0.6 is 11.3 Å². The predicted molar refractivity (Wildman–Crippen MR) is 58.4 cm³/mol. The van der Waals surface area contributed by atoms with Gasteiger partial charge in [-0.1, -0.05) is 6.92 Å². The van der Waals surface area contributed by atoms with Gasteiger partial charge in [-0.15, -0.1) is 11.3 Å². The van der Waals surface area contributed by atoms with Crippen molar-refractivity contribution in [2.24, 2.45) is 11.7 Å². The fraction of sp³-hybridized carbons (Fsp3) is 0.600. The van der Waals surface area contributed by atoms with E-state index in [1.54, 1.807) is 11.3 Å². The zero-order valence-corrected chi connectivity index (χ0v) is 9.60. The van der Waals surface area contributed by atoms with Gasteiger partial charge in [0.05, 0.1) is 10.7 Å². The molecule has 2 unspecified atom stereocenters. The maximum absolute atomic E-state index is 11.6. The van der Waals surface area contributed by atoms with Crippen LogP contribution in [-0.4, -0.2) is 16.8 Å². The summed E-state index contributed by atoms with van der Waals surface area (Å²) >= 11 is 1.57. The first-order valence-corrected chi connectivity index (χ1v) is 5.58. The number of Topliss-reactive ketones (excluding diaryl/α,β-unsaturated/α-hetero) is 1. The van der Waals surface area contributed by atoms with Gasteiger partial charge in [0.2, 0.25) is 0 Å². The lowest BCUT2D eigenvalue weighted by molar-refractivity contribution is -0.122. The Morgan fingerprint density at radius 3 is 2.71 bits per heavy atom. The number of hydrogen-bond acceptors (Lipinski definition) is 4. The lowest BCUT2D eigenvalue weighted by Gasteiger charge is -2.12.